The summed E-state index contributed by atoms with van der Waals surface area (Å²) in [5.41, 5.74) is 1.97. The Morgan fingerprint density at radius 3 is 2.07 bits per heavy atom. The molecule has 0 amide bonds. The molecule has 1 nitrogen and oxygen atoms in total. The molecule has 15 heavy (non-hydrogen) atoms. The first kappa shape index (κ1) is 16.1. The molecule has 1 aliphatic rings. The van der Waals surface area contributed by atoms with Crippen LogP contribution in [-0.4, -0.2) is 17.2 Å². The Morgan fingerprint density at radius 1 is 1.40 bits per heavy atom. The van der Waals surface area contributed by atoms with E-state index in [9.17, 15) is 0 Å². The minimum absolute atomic E-state index is 0.576. The van der Waals surface area contributed by atoms with Crippen LogP contribution in [0.4, 0.5) is 0 Å². The van der Waals surface area contributed by atoms with Crippen molar-refractivity contribution in [3.8, 4) is 0 Å². The van der Waals surface area contributed by atoms with Gasteiger partial charge in [0, 0.05) is 8.15 Å². The molecule has 0 radical (unpaired) electrons. The van der Waals surface area contributed by atoms with Crippen LogP contribution in [0.5, 0.6) is 0 Å². The molecular weight excluding hydrogens is 430 g/mol. The monoisotopic (exact) mass is 449 g/mol. The first-order chi connectivity index (χ1) is 6.91. The van der Waals surface area contributed by atoms with Crippen LogP contribution < -0.4 is 0 Å². The van der Waals surface area contributed by atoms with Gasteiger partial charge in [-0.3, -0.25) is 0 Å². The summed E-state index contributed by atoms with van der Waals surface area (Å²) in [6.45, 7) is 4.02. The van der Waals surface area contributed by atoms with Crippen molar-refractivity contribution in [3.05, 3.63) is 22.3 Å². The van der Waals surface area contributed by atoms with Gasteiger partial charge < -0.3 is 4.89 Å². The van der Waals surface area contributed by atoms with Crippen LogP contribution in [0, 0.1) is 0 Å². The fraction of sp³-hybridized carbons (Fsp3) is 0.600. The topological polar surface area (TPSA) is 20.2 Å². The van der Waals surface area contributed by atoms with E-state index >= 15 is 0 Å². The van der Waals surface area contributed by atoms with Gasteiger partial charge in [-0.05, 0) is 12.3 Å². The predicted molar refractivity (Wildman–Crippen MR) is 69.6 cm³/mol. The van der Waals surface area contributed by atoms with Crippen molar-refractivity contribution >= 4 is 27.3 Å². The number of hydrogen-bond acceptors (Lipinski definition) is 1. The fourth-order valence-electron chi connectivity index (χ4n) is 0.852. The van der Waals surface area contributed by atoms with E-state index in [0.717, 1.165) is 18.7 Å². The molecule has 0 bridgehead atoms. The standard InChI is InChI=1S/C5H5.C4H11OP.CH3.2ClH.Ir/c1-2-4-5-3-1;1-3-6(5)4-2;;;;/h1-3H,4H2;5H,3-4H2,1-2H3;1H3;2*1H;/q;;;;;+2/p-2. The van der Waals surface area contributed by atoms with Crippen LogP contribution in [0.15, 0.2) is 22.3 Å². The Morgan fingerprint density at radius 2 is 1.93 bits per heavy atom. The Labute approximate surface area is 105 Å². The number of rotatable bonds is 3. The molecule has 1 N–H and O–H groups in total. The molecule has 0 aromatic carbocycles. The molecule has 0 heterocycles. The summed E-state index contributed by atoms with van der Waals surface area (Å²) in [6.07, 6.45) is 9.02. The summed E-state index contributed by atoms with van der Waals surface area (Å²) in [5.74, 6) is 0. The molecule has 5 heteroatoms. The zero-order valence-electron chi connectivity index (χ0n) is 9.34. The van der Waals surface area contributed by atoms with Crippen molar-refractivity contribution in [2.24, 2.45) is 0 Å². The van der Waals surface area contributed by atoms with Gasteiger partial charge in [0.15, 0.2) is 0 Å². The van der Waals surface area contributed by atoms with E-state index in [2.05, 4.69) is 6.08 Å². The van der Waals surface area contributed by atoms with Crippen LogP contribution in [0.1, 0.15) is 20.3 Å². The third-order valence-corrected chi connectivity index (χ3v) is 9.51. The summed E-state index contributed by atoms with van der Waals surface area (Å²) in [7, 11) is 11.4. The second kappa shape index (κ2) is 8.23. The number of allylic oxidation sites excluding steroid dienone is 4. The third kappa shape index (κ3) is 7.91. The van der Waals surface area contributed by atoms with E-state index in [1.54, 1.807) is 0 Å². The van der Waals surface area contributed by atoms with E-state index < -0.39 is 21.4 Å². The van der Waals surface area contributed by atoms with Crippen LogP contribution in [0.3, 0.4) is 0 Å². The number of halogens is 2. The molecule has 0 aliphatic heterocycles. The first-order valence-corrected chi connectivity index (χ1v) is 15.9. The average Bonchev–Trinajstić information content (AvgIpc) is 2.69. The maximum atomic E-state index is 8.73. The Hall–Kier alpha value is 1.10. The van der Waals surface area contributed by atoms with Crippen molar-refractivity contribution in [2.75, 3.05) is 12.3 Å². The van der Waals surface area contributed by atoms with Gasteiger partial charge in [0.05, 0.1) is 0 Å². The SMILES string of the molecule is CCP(O)CC.[CH3][Ir]([Cl])([Cl])[C]1=CC=CC1. The summed E-state index contributed by atoms with van der Waals surface area (Å²) in [5, 5.41) is 0. The molecule has 1 aliphatic carbocycles. The molecule has 1 rings (SSSR count). The van der Waals surface area contributed by atoms with Gasteiger partial charge in [0.25, 0.3) is 0 Å². The second-order valence-corrected chi connectivity index (χ2v) is 20.3. The maximum absolute atomic E-state index is 8.73. The van der Waals surface area contributed by atoms with Gasteiger partial charge >= 0.3 is 66.6 Å². The molecule has 0 fully saturated rings. The van der Waals surface area contributed by atoms with Crippen LogP contribution >= 0.6 is 27.3 Å². The van der Waals surface area contributed by atoms with Gasteiger partial charge in [-0.1, -0.05) is 13.8 Å². The van der Waals surface area contributed by atoms with Crippen molar-refractivity contribution < 1.29 is 18.2 Å². The van der Waals surface area contributed by atoms with E-state index in [1.165, 1.54) is 4.09 Å². The van der Waals surface area contributed by atoms with Crippen molar-refractivity contribution in [1.29, 1.82) is 0 Å². The van der Waals surface area contributed by atoms with Gasteiger partial charge in [-0.25, -0.2) is 0 Å². The molecule has 0 unspecified atom stereocenters. The molecule has 0 saturated carbocycles. The number of hydrogen-bond donors (Lipinski definition) is 1. The zero-order valence-corrected chi connectivity index (χ0v) is 14.1. The molecule has 0 atom stereocenters. The van der Waals surface area contributed by atoms with Gasteiger partial charge in [0.1, 0.15) is 0 Å². The predicted octanol–water partition coefficient (Wildman–Crippen LogP) is 4.76. The summed E-state index contributed by atoms with van der Waals surface area (Å²) in [4.78, 5) is 8.73. The zero-order chi connectivity index (χ0) is 11.9. The Bertz CT molecular complexity index is 232. The summed E-state index contributed by atoms with van der Waals surface area (Å²) >= 11 is -2.44. The molecule has 0 aromatic rings. The second-order valence-electron chi connectivity index (χ2n) is 2.95. The minimum atomic E-state index is -2.44. The van der Waals surface area contributed by atoms with Gasteiger partial charge in [-0.15, -0.1) is 0 Å². The first-order valence-electron chi connectivity index (χ1n) is 4.72. The summed E-state index contributed by atoms with van der Waals surface area (Å²) in [6, 6.07) is 0. The van der Waals surface area contributed by atoms with Crippen molar-refractivity contribution in [2.45, 2.75) is 25.7 Å². The Kier molecular flexibility index (Phi) is 8.83. The molecule has 93 valence electrons. The summed E-state index contributed by atoms with van der Waals surface area (Å²) < 4.78 is 1.26. The molecular formula is C10H19Cl2IrOP. The fourth-order valence-corrected chi connectivity index (χ4v) is 4.90. The van der Waals surface area contributed by atoms with E-state index in [0.29, 0.717) is 0 Å². The average molecular weight is 449 g/mol. The normalized spacial score (nSPS) is 16.1. The van der Waals surface area contributed by atoms with Crippen LogP contribution in [0.2, 0.25) is 5.44 Å². The van der Waals surface area contributed by atoms with Crippen molar-refractivity contribution in [1.82, 2.24) is 0 Å². The molecule has 0 saturated heterocycles. The van der Waals surface area contributed by atoms with Crippen LogP contribution in [-0.2, 0) is 13.3 Å². The van der Waals surface area contributed by atoms with E-state index in [-0.39, 0.29) is 0 Å². The molecule has 0 aromatic heterocycles. The quantitative estimate of drug-likeness (QED) is 0.617. The van der Waals surface area contributed by atoms with Crippen LogP contribution in [0.25, 0.3) is 0 Å². The Balaban J connectivity index is 0.000000288. The third-order valence-electron chi connectivity index (χ3n) is 1.82. The molecule has 0 spiro atoms. The van der Waals surface area contributed by atoms with Crippen molar-refractivity contribution in [3.63, 3.8) is 0 Å². The van der Waals surface area contributed by atoms with E-state index in [1.807, 2.05) is 31.4 Å². The van der Waals surface area contributed by atoms with Gasteiger partial charge in [0.2, 0.25) is 0 Å². The van der Waals surface area contributed by atoms with Gasteiger partial charge in [-0.2, -0.15) is 0 Å². The van der Waals surface area contributed by atoms with E-state index in [4.69, 9.17) is 24.1 Å².